The zero-order valence-corrected chi connectivity index (χ0v) is 9.90. The molecule has 1 heterocycles. The number of anilines is 1. The van der Waals surface area contributed by atoms with Crippen LogP contribution in [0.25, 0.3) is 0 Å². The third-order valence-corrected chi connectivity index (χ3v) is 2.23. The fourth-order valence-corrected chi connectivity index (χ4v) is 1.50. The monoisotopic (exact) mass is 221 g/mol. The van der Waals surface area contributed by atoms with E-state index in [1.807, 2.05) is 0 Å². The maximum Gasteiger partial charge on any atom is 0.147 e. The highest BCUT2D eigenvalue weighted by Crippen LogP contribution is 2.09. The van der Waals surface area contributed by atoms with Crippen LogP contribution in [0.3, 0.4) is 0 Å². The van der Waals surface area contributed by atoms with Gasteiger partial charge in [0, 0.05) is 13.1 Å². The molecule has 5 nitrogen and oxygen atoms in total. The van der Waals surface area contributed by atoms with E-state index in [1.54, 1.807) is 12.4 Å². The minimum absolute atomic E-state index is 0.0448. The Hall–Kier alpha value is -1.65. The molecule has 0 amide bonds. The molecular formula is C11H19N5. The van der Waals surface area contributed by atoms with Gasteiger partial charge in [-0.2, -0.15) is 0 Å². The Morgan fingerprint density at radius 1 is 1.25 bits per heavy atom. The number of amidine groups is 1. The van der Waals surface area contributed by atoms with Crippen molar-refractivity contribution in [2.24, 2.45) is 5.73 Å². The second kappa shape index (κ2) is 6.05. The van der Waals surface area contributed by atoms with Crippen LogP contribution >= 0.6 is 0 Å². The SMILES string of the molecule is CCCN(CCC)c1cnc(C(=N)N)cn1. The van der Waals surface area contributed by atoms with Gasteiger partial charge in [0.1, 0.15) is 17.3 Å². The van der Waals surface area contributed by atoms with Crippen molar-refractivity contribution in [3.63, 3.8) is 0 Å². The summed E-state index contributed by atoms with van der Waals surface area (Å²) in [6, 6.07) is 0. The molecule has 3 N–H and O–H groups in total. The minimum atomic E-state index is -0.0448. The third-order valence-electron chi connectivity index (χ3n) is 2.23. The number of nitrogens with zero attached hydrogens (tertiary/aromatic N) is 3. The van der Waals surface area contributed by atoms with Gasteiger partial charge in [-0.05, 0) is 12.8 Å². The summed E-state index contributed by atoms with van der Waals surface area (Å²) in [4.78, 5) is 10.6. The molecule has 0 unspecified atom stereocenters. The predicted molar refractivity (Wildman–Crippen MR) is 65.8 cm³/mol. The fraction of sp³-hybridized carbons (Fsp3) is 0.545. The molecule has 0 saturated carbocycles. The Labute approximate surface area is 96.2 Å². The average Bonchev–Trinajstić information content (AvgIpc) is 2.29. The molecule has 0 aliphatic heterocycles. The lowest BCUT2D eigenvalue weighted by Crippen LogP contribution is -2.26. The molecule has 16 heavy (non-hydrogen) atoms. The molecule has 0 saturated heterocycles. The number of rotatable bonds is 6. The van der Waals surface area contributed by atoms with E-state index in [9.17, 15) is 0 Å². The summed E-state index contributed by atoms with van der Waals surface area (Å²) in [6.45, 7) is 6.23. The molecule has 0 atom stereocenters. The van der Waals surface area contributed by atoms with Crippen molar-refractivity contribution in [2.75, 3.05) is 18.0 Å². The van der Waals surface area contributed by atoms with Crippen LogP contribution in [0.2, 0.25) is 0 Å². The first-order valence-corrected chi connectivity index (χ1v) is 5.60. The number of hydrogen-bond donors (Lipinski definition) is 2. The maximum absolute atomic E-state index is 7.24. The molecule has 5 heteroatoms. The predicted octanol–water partition coefficient (Wildman–Crippen LogP) is 1.39. The van der Waals surface area contributed by atoms with Gasteiger partial charge in [0.25, 0.3) is 0 Å². The van der Waals surface area contributed by atoms with Crippen LogP contribution in [0.5, 0.6) is 0 Å². The highest BCUT2D eigenvalue weighted by atomic mass is 15.2. The highest BCUT2D eigenvalue weighted by molar-refractivity contribution is 5.92. The molecule has 0 fully saturated rings. The van der Waals surface area contributed by atoms with Crippen LogP contribution in [-0.4, -0.2) is 28.9 Å². The van der Waals surface area contributed by atoms with Gasteiger partial charge in [-0.25, -0.2) is 9.97 Å². The van der Waals surface area contributed by atoms with Crippen LogP contribution in [0, 0.1) is 5.41 Å². The summed E-state index contributed by atoms with van der Waals surface area (Å²) in [5.74, 6) is 0.810. The topological polar surface area (TPSA) is 78.9 Å². The van der Waals surface area contributed by atoms with Crippen LogP contribution in [0.1, 0.15) is 32.4 Å². The summed E-state index contributed by atoms with van der Waals surface area (Å²) in [7, 11) is 0. The Kier molecular flexibility index (Phi) is 4.69. The van der Waals surface area contributed by atoms with Crippen molar-refractivity contribution in [1.82, 2.24) is 9.97 Å². The quantitative estimate of drug-likeness (QED) is 0.562. The van der Waals surface area contributed by atoms with Gasteiger partial charge in [0.15, 0.2) is 0 Å². The Morgan fingerprint density at radius 2 is 1.88 bits per heavy atom. The number of hydrogen-bond acceptors (Lipinski definition) is 4. The van der Waals surface area contributed by atoms with Crippen molar-refractivity contribution in [3.05, 3.63) is 18.1 Å². The maximum atomic E-state index is 7.24. The second-order valence-electron chi connectivity index (χ2n) is 3.66. The van der Waals surface area contributed by atoms with E-state index < -0.39 is 0 Å². The highest BCUT2D eigenvalue weighted by Gasteiger charge is 2.07. The van der Waals surface area contributed by atoms with Crippen LogP contribution in [0.15, 0.2) is 12.4 Å². The summed E-state index contributed by atoms with van der Waals surface area (Å²) < 4.78 is 0. The molecular weight excluding hydrogens is 202 g/mol. The van der Waals surface area contributed by atoms with Gasteiger partial charge in [-0.15, -0.1) is 0 Å². The van der Waals surface area contributed by atoms with E-state index in [-0.39, 0.29) is 5.84 Å². The van der Waals surface area contributed by atoms with Crippen LogP contribution in [-0.2, 0) is 0 Å². The normalized spacial score (nSPS) is 10.1. The standard InChI is InChI=1S/C11H19N5/c1-3-5-16(6-4-2)10-8-14-9(7-15-10)11(12)13/h7-8H,3-6H2,1-2H3,(H3,12,13). The van der Waals surface area contributed by atoms with E-state index in [1.165, 1.54) is 0 Å². The first-order chi connectivity index (χ1) is 7.69. The molecule has 0 aromatic carbocycles. The number of aromatic nitrogens is 2. The van der Waals surface area contributed by atoms with Crippen molar-refractivity contribution >= 4 is 11.7 Å². The minimum Gasteiger partial charge on any atom is -0.382 e. The second-order valence-corrected chi connectivity index (χ2v) is 3.66. The summed E-state index contributed by atoms with van der Waals surface area (Å²) >= 11 is 0. The molecule has 1 rings (SSSR count). The van der Waals surface area contributed by atoms with Gasteiger partial charge in [0.05, 0.1) is 12.4 Å². The lowest BCUT2D eigenvalue weighted by atomic mass is 10.3. The first-order valence-electron chi connectivity index (χ1n) is 5.60. The van der Waals surface area contributed by atoms with Crippen molar-refractivity contribution < 1.29 is 0 Å². The molecule has 0 aliphatic rings. The van der Waals surface area contributed by atoms with Gasteiger partial charge < -0.3 is 10.6 Å². The van der Waals surface area contributed by atoms with Crippen LogP contribution < -0.4 is 10.6 Å². The number of nitrogen functional groups attached to an aromatic ring is 1. The summed E-state index contributed by atoms with van der Waals surface area (Å²) in [5.41, 5.74) is 5.75. The van der Waals surface area contributed by atoms with Crippen molar-refractivity contribution in [2.45, 2.75) is 26.7 Å². The number of nitrogens with two attached hydrogens (primary N) is 1. The molecule has 0 spiro atoms. The van der Waals surface area contributed by atoms with E-state index >= 15 is 0 Å². The van der Waals surface area contributed by atoms with E-state index in [0.717, 1.165) is 31.7 Å². The molecule has 1 aromatic heterocycles. The zero-order valence-electron chi connectivity index (χ0n) is 9.90. The number of nitrogens with one attached hydrogen (secondary N) is 1. The fourth-order valence-electron chi connectivity index (χ4n) is 1.50. The third kappa shape index (κ3) is 3.18. The average molecular weight is 221 g/mol. The van der Waals surface area contributed by atoms with Gasteiger partial charge in [-0.1, -0.05) is 13.8 Å². The van der Waals surface area contributed by atoms with E-state index in [2.05, 4.69) is 28.7 Å². The molecule has 88 valence electrons. The molecule has 0 aliphatic carbocycles. The van der Waals surface area contributed by atoms with Gasteiger partial charge in [-0.3, -0.25) is 5.41 Å². The summed E-state index contributed by atoms with van der Waals surface area (Å²) in [6.07, 6.45) is 5.39. The lowest BCUT2D eigenvalue weighted by Gasteiger charge is -2.21. The molecule has 0 radical (unpaired) electrons. The van der Waals surface area contributed by atoms with E-state index in [4.69, 9.17) is 11.1 Å². The largest absolute Gasteiger partial charge is 0.382 e. The van der Waals surface area contributed by atoms with Crippen molar-refractivity contribution in [1.29, 1.82) is 5.41 Å². The Bertz CT molecular complexity index is 327. The van der Waals surface area contributed by atoms with Gasteiger partial charge in [0.2, 0.25) is 0 Å². The molecule has 0 bridgehead atoms. The zero-order chi connectivity index (χ0) is 12.0. The Morgan fingerprint density at radius 3 is 2.25 bits per heavy atom. The summed E-state index contributed by atoms with van der Waals surface area (Å²) in [5, 5.41) is 7.24. The lowest BCUT2D eigenvalue weighted by molar-refractivity contribution is 0.731. The van der Waals surface area contributed by atoms with Gasteiger partial charge >= 0.3 is 0 Å². The van der Waals surface area contributed by atoms with Crippen molar-refractivity contribution in [3.8, 4) is 0 Å². The molecule has 1 aromatic rings. The van der Waals surface area contributed by atoms with E-state index in [0.29, 0.717) is 5.69 Å². The first kappa shape index (κ1) is 12.4. The van der Waals surface area contributed by atoms with Crippen LogP contribution in [0.4, 0.5) is 5.82 Å². The smallest absolute Gasteiger partial charge is 0.147 e. The Balaban J connectivity index is 2.80.